The smallest absolute Gasteiger partial charge is 0.338 e. The molecule has 0 atom stereocenters. The second-order valence-corrected chi connectivity index (χ2v) is 4.51. The second-order valence-electron chi connectivity index (χ2n) is 3.60. The molecule has 0 saturated carbocycles. The zero-order valence-electron chi connectivity index (χ0n) is 10.4. The number of carbonyl (C=O) groups is 2. The molecule has 0 aliphatic carbocycles. The van der Waals surface area contributed by atoms with Crippen LogP contribution in [0.25, 0.3) is 0 Å². The Morgan fingerprint density at radius 3 is 2.67 bits per heavy atom. The number of rotatable bonds is 5. The fraction of sp³-hybridized carbons (Fsp3) is 0.385. The van der Waals surface area contributed by atoms with Crippen LogP contribution in [0.5, 0.6) is 0 Å². The van der Waals surface area contributed by atoms with Crippen molar-refractivity contribution in [1.82, 2.24) is 0 Å². The molecule has 0 heterocycles. The van der Waals surface area contributed by atoms with E-state index in [0.29, 0.717) is 18.6 Å². The van der Waals surface area contributed by atoms with E-state index in [9.17, 15) is 9.59 Å². The number of halogens is 1. The van der Waals surface area contributed by atoms with Gasteiger partial charge in [0.15, 0.2) is 0 Å². The maximum atomic E-state index is 11.6. The summed E-state index contributed by atoms with van der Waals surface area (Å²) in [5.41, 5.74) is 1.24. The highest BCUT2D eigenvalue weighted by atomic mass is 79.9. The average molecular weight is 315 g/mol. The van der Waals surface area contributed by atoms with Crippen molar-refractivity contribution in [1.29, 1.82) is 0 Å². The van der Waals surface area contributed by atoms with Crippen LogP contribution in [0.15, 0.2) is 22.7 Å². The lowest BCUT2D eigenvalue weighted by atomic mass is 10.0. The van der Waals surface area contributed by atoms with Crippen LogP contribution in [0.4, 0.5) is 0 Å². The number of hydrogen-bond donors (Lipinski definition) is 0. The molecule has 0 aliphatic heterocycles. The third-order valence-electron chi connectivity index (χ3n) is 2.38. The minimum atomic E-state index is -0.402. The zero-order valence-corrected chi connectivity index (χ0v) is 12.0. The Morgan fingerprint density at radius 1 is 1.33 bits per heavy atom. The lowest BCUT2D eigenvalue weighted by Crippen LogP contribution is -2.09. The van der Waals surface area contributed by atoms with Crippen molar-refractivity contribution in [3.63, 3.8) is 0 Å². The van der Waals surface area contributed by atoms with E-state index >= 15 is 0 Å². The summed E-state index contributed by atoms with van der Waals surface area (Å²) in [5, 5.41) is 0. The first kappa shape index (κ1) is 14.7. The number of aryl methyl sites for hydroxylation is 1. The van der Waals surface area contributed by atoms with Gasteiger partial charge in [-0.05, 0) is 37.1 Å². The molecule has 4 nitrogen and oxygen atoms in total. The molecule has 0 aliphatic rings. The van der Waals surface area contributed by atoms with Gasteiger partial charge < -0.3 is 9.47 Å². The molecule has 0 spiro atoms. The molecule has 98 valence electrons. The van der Waals surface area contributed by atoms with Gasteiger partial charge in [-0.2, -0.15) is 0 Å². The van der Waals surface area contributed by atoms with Crippen molar-refractivity contribution in [2.75, 3.05) is 13.7 Å². The Hall–Kier alpha value is -1.36. The first-order valence-corrected chi connectivity index (χ1v) is 6.40. The van der Waals surface area contributed by atoms with Crippen molar-refractivity contribution in [3.8, 4) is 0 Å². The molecule has 0 N–H and O–H groups in total. The minimum Gasteiger partial charge on any atom is -0.466 e. The predicted octanol–water partition coefficient (Wildman–Crippen LogP) is 2.73. The number of ether oxygens (including phenoxy) is 2. The van der Waals surface area contributed by atoms with Gasteiger partial charge in [0.05, 0.1) is 19.3 Å². The number of benzene rings is 1. The van der Waals surface area contributed by atoms with Crippen molar-refractivity contribution in [2.24, 2.45) is 0 Å². The maximum Gasteiger partial charge on any atom is 0.338 e. The molecule has 1 aromatic rings. The lowest BCUT2D eigenvalue weighted by molar-refractivity contribution is -0.143. The van der Waals surface area contributed by atoms with Crippen LogP contribution < -0.4 is 0 Å². The van der Waals surface area contributed by atoms with E-state index in [1.54, 1.807) is 19.1 Å². The molecule has 0 saturated heterocycles. The Kier molecular flexibility index (Phi) is 5.85. The quantitative estimate of drug-likeness (QED) is 0.784. The van der Waals surface area contributed by atoms with Crippen molar-refractivity contribution in [3.05, 3.63) is 33.8 Å². The summed E-state index contributed by atoms with van der Waals surface area (Å²) in [5.74, 6) is -0.672. The summed E-state index contributed by atoms with van der Waals surface area (Å²) >= 11 is 3.34. The molecule has 1 aromatic carbocycles. The van der Waals surface area contributed by atoms with Gasteiger partial charge in [0.1, 0.15) is 0 Å². The van der Waals surface area contributed by atoms with E-state index < -0.39 is 5.97 Å². The number of esters is 2. The standard InChI is InChI=1S/C13H15BrO4/c1-3-18-12(15)7-4-9-8-10(14)5-6-11(9)13(16)17-2/h5-6,8H,3-4,7H2,1-2H3. The van der Waals surface area contributed by atoms with E-state index in [1.165, 1.54) is 7.11 Å². The van der Waals surface area contributed by atoms with Crippen LogP contribution in [0, 0.1) is 0 Å². The van der Waals surface area contributed by atoms with Crippen LogP contribution in [0.2, 0.25) is 0 Å². The Labute approximate surface area is 114 Å². The molecule has 0 amide bonds. The summed E-state index contributed by atoms with van der Waals surface area (Å²) in [6.45, 7) is 2.12. The zero-order chi connectivity index (χ0) is 13.5. The highest BCUT2D eigenvalue weighted by molar-refractivity contribution is 9.10. The van der Waals surface area contributed by atoms with E-state index in [1.807, 2.05) is 6.07 Å². The van der Waals surface area contributed by atoms with Gasteiger partial charge >= 0.3 is 11.9 Å². The fourth-order valence-electron chi connectivity index (χ4n) is 1.55. The molecule has 0 aromatic heterocycles. The highest BCUT2D eigenvalue weighted by Gasteiger charge is 2.13. The Balaban J connectivity index is 2.82. The molecule has 5 heteroatoms. The third-order valence-corrected chi connectivity index (χ3v) is 2.87. The molecule has 1 rings (SSSR count). The SMILES string of the molecule is CCOC(=O)CCc1cc(Br)ccc1C(=O)OC. The van der Waals surface area contributed by atoms with Gasteiger partial charge in [-0.3, -0.25) is 4.79 Å². The molecule has 0 unspecified atom stereocenters. The minimum absolute atomic E-state index is 0.244. The second kappa shape index (κ2) is 7.16. The van der Waals surface area contributed by atoms with Gasteiger partial charge in [0.25, 0.3) is 0 Å². The van der Waals surface area contributed by atoms with Crippen LogP contribution in [0.1, 0.15) is 29.3 Å². The summed E-state index contributed by atoms with van der Waals surface area (Å²) in [4.78, 5) is 22.9. The van der Waals surface area contributed by atoms with Gasteiger partial charge in [-0.1, -0.05) is 15.9 Å². The topological polar surface area (TPSA) is 52.6 Å². The maximum absolute atomic E-state index is 11.6. The lowest BCUT2D eigenvalue weighted by Gasteiger charge is -2.08. The Bertz CT molecular complexity index is 443. The van der Waals surface area contributed by atoms with Crippen molar-refractivity contribution in [2.45, 2.75) is 19.8 Å². The summed E-state index contributed by atoms with van der Waals surface area (Å²) < 4.78 is 10.4. The normalized spacial score (nSPS) is 9.94. The summed E-state index contributed by atoms with van der Waals surface area (Å²) in [6.07, 6.45) is 0.691. The van der Waals surface area contributed by atoms with E-state index in [0.717, 1.165) is 10.0 Å². The molecule has 0 bridgehead atoms. The van der Waals surface area contributed by atoms with Gasteiger partial charge in [-0.25, -0.2) is 4.79 Å². The highest BCUT2D eigenvalue weighted by Crippen LogP contribution is 2.19. The van der Waals surface area contributed by atoms with Gasteiger partial charge in [0.2, 0.25) is 0 Å². The number of methoxy groups -OCH3 is 1. The Morgan fingerprint density at radius 2 is 2.06 bits per heavy atom. The first-order chi connectivity index (χ1) is 8.58. The van der Waals surface area contributed by atoms with Crippen molar-refractivity contribution < 1.29 is 19.1 Å². The predicted molar refractivity (Wildman–Crippen MR) is 70.4 cm³/mol. The van der Waals surface area contributed by atoms with Crippen LogP contribution in [0.3, 0.4) is 0 Å². The number of hydrogen-bond acceptors (Lipinski definition) is 4. The fourth-order valence-corrected chi connectivity index (χ4v) is 1.96. The average Bonchev–Trinajstić information content (AvgIpc) is 2.36. The molecule has 0 radical (unpaired) electrons. The summed E-state index contributed by atoms with van der Waals surface area (Å²) in [7, 11) is 1.33. The molecular weight excluding hydrogens is 300 g/mol. The first-order valence-electron chi connectivity index (χ1n) is 5.60. The van der Waals surface area contributed by atoms with Crippen LogP contribution in [-0.2, 0) is 20.7 Å². The molecule has 18 heavy (non-hydrogen) atoms. The monoisotopic (exact) mass is 314 g/mol. The largest absolute Gasteiger partial charge is 0.466 e. The summed E-state index contributed by atoms with van der Waals surface area (Å²) in [6, 6.07) is 5.25. The van der Waals surface area contributed by atoms with E-state index in [-0.39, 0.29) is 12.4 Å². The molecule has 0 fully saturated rings. The van der Waals surface area contributed by atoms with Crippen molar-refractivity contribution >= 4 is 27.9 Å². The van der Waals surface area contributed by atoms with Crippen LogP contribution >= 0.6 is 15.9 Å². The number of carbonyl (C=O) groups excluding carboxylic acids is 2. The van der Waals surface area contributed by atoms with E-state index in [4.69, 9.17) is 9.47 Å². The van der Waals surface area contributed by atoms with Gasteiger partial charge in [0, 0.05) is 10.9 Å². The van der Waals surface area contributed by atoms with Crippen LogP contribution in [-0.4, -0.2) is 25.7 Å². The van der Waals surface area contributed by atoms with E-state index in [2.05, 4.69) is 15.9 Å². The van der Waals surface area contributed by atoms with Gasteiger partial charge in [-0.15, -0.1) is 0 Å². The molecular formula is C13H15BrO4. The third kappa shape index (κ3) is 4.14.